The molecule has 9 rings (SSSR count). The van der Waals surface area contributed by atoms with E-state index in [1.165, 1.54) is 83.5 Å². The van der Waals surface area contributed by atoms with Gasteiger partial charge in [-0.3, -0.25) is 0 Å². The average Bonchev–Trinajstić information content (AvgIpc) is 3.67. The Balaban J connectivity index is 1.21. The molecule has 46 heavy (non-hydrogen) atoms. The van der Waals surface area contributed by atoms with Crippen molar-refractivity contribution in [1.29, 1.82) is 0 Å². The molecule has 0 aliphatic heterocycles. The number of thiophene rings is 2. The highest BCUT2D eigenvalue weighted by Crippen LogP contribution is 2.50. The highest BCUT2D eigenvalue weighted by atomic mass is 32.2. The summed E-state index contributed by atoms with van der Waals surface area (Å²) in [5.41, 5.74) is 7.19. The highest BCUT2D eigenvalue weighted by molar-refractivity contribution is 7.99. The van der Waals surface area contributed by atoms with Crippen LogP contribution >= 0.6 is 47.1 Å². The van der Waals surface area contributed by atoms with Crippen LogP contribution < -0.4 is 0 Å². The van der Waals surface area contributed by atoms with Crippen LogP contribution in [-0.4, -0.2) is 0 Å². The summed E-state index contributed by atoms with van der Waals surface area (Å²) in [4.78, 5) is 3.44. The Hall–Kier alpha value is -4.32. The van der Waals surface area contributed by atoms with Crippen molar-refractivity contribution in [3.05, 3.63) is 152 Å². The highest BCUT2D eigenvalue weighted by Gasteiger charge is 2.18. The number of benzene rings is 7. The molecule has 7 aromatic carbocycles. The van der Waals surface area contributed by atoms with E-state index in [9.17, 15) is 0 Å². The van der Waals surface area contributed by atoms with E-state index in [-0.39, 0.29) is 0 Å². The SMILES string of the molecule is Sc1cc(Sc2cc3sc4ccccc4c3c3c2sc2ccccc23)cc(-c2cc(-c3ccccc3)cc(-c3ccccc3)c2)c1. The van der Waals surface area contributed by atoms with Crippen LogP contribution in [0.1, 0.15) is 0 Å². The average molecular weight is 659 g/mol. The second-order valence-corrected chi connectivity index (χ2v) is 15.3. The van der Waals surface area contributed by atoms with E-state index < -0.39 is 0 Å². The second kappa shape index (κ2) is 11.5. The Morgan fingerprint density at radius 1 is 0.413 bits per heavy atom. The van der Waals surface area contributed by atoms with Crippen molar-refractivity contribution in [2.45, 2.75) is 14.7 Å². The van der Waals surface area contributed by atoms with Gasteiger partial charge in [0.15, 0.2) is 0 Å². The van der Waals surface area contributed by atoms with Crippen LogP contribution in [0.25, 0.3) is 73.7 Å². The summed E-state index contributed by atoms with van der Waals surface area (Å²) in [7, 11) is 0. The van der Waals surface area contributed by atoms with Gasteiger partial charge in [-0.2, -0.15) is 0 Å². The zero-order valence-corrected chi connectivity index (χ0v) is 27.9. The molecule has 0 fully saturated rings. The van der Waals surface area contributed by atoms with Gasteiger partial charge < -0.3 is 0 Å². The van der Waals surface area contributed by atoms with Gasteiger partial charge in [0.1, 0.15) is 0 Å². The quantitative estimate of drug-likeness (QED) is 0.180. The Labute approximate surface area is 285 Å². The third-order valence-corrected chi connectivity index (χ3v) is 12.3. The van der Waals surface area contributed by atoms with E-state index in [1.54, 1.807) is 0 Å². The minimum Gasteiger partial charge on any atom is -0.143 e. The molecule has 0 radical (unpaired) electrons. The van der Waals surface area contributed by atoms with Crippen molar-refractivity contribution in [2.75, 3.05) is 0 Å². The van der Waals surface area contributed by atoms with E-state index >= 15 is 0 Å². The summed E-state index contributed by atoms with van der Waals surface area (Å²) < 4.78 is 5.36. The zero-order valence-electron chi connectivity index (χ0n) is 24.6. The Morgan fingerprint density at radius 2 is 0.935 bits per heavy atom. The van der Waals surface area contributed by atoms with E-state index in [0.717, 1.165) is 4.90 Å². The van der Waals surface area contributed by atoms with E-state index in [4.69, 9.17) is 12.6 Å². The van der Waals surface area contributed by atoms with Gasteiger partial charge in [-0.05, 0) is 88.0 Å². The third-order valence-electron chi connectivity index (χ3n) is 8.55. The number of hydrogen-bond acceptors (Lipinski definition) is 4. The molecule has 0 unspecified atom stereocenters. The molecule has 0 N–H and O–H groups in total. The molecule has 0 saturated carbocycles. The fourth-order valence-corrected chi connectivity index (χ4v) is 10.4. The first kappa shape index (κ1) is 27.9. The van der Waals surface area contributed by atoms with Gasteiger partial charge in [-0.15, -0.1) is 35.3 Å². The maximum atomic E-state index is 4.93. The number of fused-ring (bicyclic) bond motifs is 7. The monoisotopic (exact) mass is 658 g/mol. The molecule has 0 aliphatic rings. The summed E-state index contributed by atoms with van der Waals surface area (Å²) >= 11 is 10.6. The van der Waals surface area contributed by atoms with Crippen molar-refractivity contribution >= 4 is 87.4 Å². The molecule has 0 amide bonds. The van der Waals surface area contributed by atoms with Gasteiger partial charge in [0.25, 0.3) is 0 Å². The normalized spacial score (nSPS) is 11.7. The lowest BCUT2D eigenvalue weighted by Crippen LogP contribution is -1.87. The molecule has 0 nitrogen and oxygen atoms in total. The van der Waals surface area contributed by atoms with Crippen LogP contribution in [0.4, 0.5) is 0 Å². The first-order valence-corrected chi connectivity index (χ1v) is 18.1. The lowest BCUT2D eigenvalue weighted by Gasteiger charge is -2.13. The predicted octanol–water partition coefficient (Wildman–Crippen LogP) is 13.9. The fraction of sp³-hybridized carbons (Fsp3) is 0. The molecular formula is C42H26S4. The van der Waals surface area contributed by atoms with Gasteiger partial charge in [0, 0.05) is 50.3 Å². The standard InChI is InChI=1S/C42H26S4/c43-32-22-31(30-20-28(26-11-3-1-4-12-26)19-29(21-30)27-13-5-2-6-14-27)23-33(24-32)44-39-25-38-40(34-15-7-9-17-36(34)45-38)41-35-16-8-10-18-37(35)46-42(39)41/h1-25,43H. The summed E-state index contributed by atoms with van der Waals surface area (Å²) in [6, 6.07) is 55.0. The molecule has 0 bridgehead atoms. The van der Waals surface area contributed by atoms with Gasteiger partial charge in [0.05, 0.1) is 4.70 Å². The van der Waals surface area contributed by atoms with Gasteiger partial charge >= 0.3 is 0 Å². The Kier molecular flexibility index (Phi) is 6.98. The maximum Gasteiger partial charge on any atom is 0.0502 e. The fourth-order valence-electron chi connectivity index (χ4n) is 6.48. The topological polar surface area (TPSA) is 0 Å². The number of rotatable bonds is 5. The summed E-state index contributed by atoms with van der Waals surface area (Å²) in [5.74, 6) is 0. The minimum atomic E-state index is 0.960. The minimum absolute atomic E-state index is 0.960. The first-order valence-electron chi connectivity index (χ1n) is 15.2. The van der Waals surface area contributed by atoms with Crippen molar-refractivity contribution in [3.8, 4) is 33.4 Å². The molecule has 218 valence electrons. The molecule has 0 spiro atoms. The molecule has 2 aromatic heterocycles. The first-order chi connectivity index (χ1) is 22.7. The summed E-state index contributed by atoms with van der Waals surface area (Å²) in [6.45, 7) is 0. The number of thiol groups is 1. The van der Waals surface area contributed by atoms with Crippen LogP contribution in [0, 0.1) is 0 Å². The van der Waals surface area contributed by atoms with Crippen LogP contribution in [0.5, 0.6) is 0 Å². The molecule has 4 heteroatoms. The zero-order chi connectivity index (χ0) is 30.6. The molecule has 0 atom stereocenters. The van der Waals surface area contributed by atoms with Gasteiger partial charge in [0.2, 0.25) is 0 Å². The van der Waals surface area contributed by atoms with Crippen molar-refractivity contribution in [2.24, 2.45) is 0 Å². The Bertz CT molecular complexity index is 2500. The van der Waals surface area contributed by atoms with E-state index in [1.807, 2.05) is 34.4 Å². The predicted molar refractivity (Wildman–Crippen MR) is 206 cm³/mol. The largest absolute Gasteiger partial charge is 0.143 e. The summed E-state index contributed by atoms with van der Waals surface area (Å²) in [5, 5.41) is 5.45. The van der Waals surface area contributed by atoms with Crippen LogP contribution in [0.2, 0.25) is 0 Å². The molecule has 2 heterocycles. The molecule has 0 aliphatic carbocycles. The Morgan fingerprint density at radius 3 is 1.59 bits per heavy atom. The molecule has 0 saturated heterocycles. The second-order valence-electron chi connectivity index (χ2n) is 11.5. The third kappa shape index (κ3) is 4.94. The lowest BCUT2D eigenvalue weighted by molar-refractivity contribution is 1.33. The molecule has 9 aromatic rings. The smallest absolute Gasteiger partial charge is 0.0502 e. The van der Waals surface area contributed by atoms with Crippen molar-refractivity contribution in [1.82, 2.24) is 0 Å². The maximum absolute atomic E-state index is 4.93. The van der Waals surface area contributed by atoms with Crippen LogP contribution in [0.3, 0.4) is 0 Å². The van der Waals surface area contributed by atoms with E-state index in [0.29, 0.717) is 0 Å². The van der Waals surface area contributed by atoms with Crippen LogP contribution in [-0.2, 0) is 0 Å². The lowest BCUT2D eigenvalue weighted by atomic mass is 9.93. The van der Waals surface area contributed by atoms with Gasteiger partial charge in [-0.1, -0.05) is 109 Å². The van der Waals surface area contributed by atoms with E-state index in [2.05, 4.69) is 152 Å². The van der Waals surface area contributed by atoms with Gasteiger partial charge in [-0.25, -0.2) is 0 Å². The van der Waals surface area contributed by atoms with Crippen LogP contribution in [0.15, 0.2) is 166 Å². The molecular weight excluding hydrogens is 633 g/mol. The van der Waals surface area contributed by atoms with Crippen molar-refractivity contribution in [3.63, 3.8) is 0 Å². The summed E-state index contributed by atoms with van der Waals surface area (Å²) in [6.07, 6.45) is 0. The number of hydrogen-bond donors (Lipinski definition) is 1. The van der Waals surface area contributed by atoms with Crippen molar-refractivity contribution < 1.29 is 0 Å².